The molecule has 0 aliphatic heterocycles. The van der Waals surface area contributed by atoms with Crippen LogP contribution < -0.4 is 5.32 Å². The van der Waals surface area contributed by atoms with E-state index in [-0.39, 0.29) is 11.7 Å². The van der Waals surface area contributed by atoms with E-state index in [2.05, 4.69) is 54.9 Å². The third kappa shape index (κ3) is 2.51. The number of rotatable bonds is 5. The molecular weight excluding hydrogens is 256 g/mol. The normalized spacial score (nSPS) is 10.8. The molecule has 20 heavy (non-hydrogen) atoms. The summed E-state index contributed by atoms with van der Waals surface area (Å²) in [6.45, 7) is 1.42. The molecule has 1 aromatic carbocycles. The van der Waals surface area contributed by atoms with Crippen LogP contribution in [0.1, 0.15) is 17.0 Å². The summed E-state index contributed by atoms with van der Waals surface area (Å²) in [6.07, 6.45) is 2.90. The highest BCUT2D eigenvalue weighted by Crippen LogP contribution is 2.15. The summed E-state index contributed by atoms with van der Waals surface area (Å²) in [5.41, 5.74) is 1.21. The van der Waals surface area contributed by atoms with Gasteiger partial charge in [0.1, 0.15) is 0 Å². The Balaban J connectivity index is 1.52. The highest BCUT2D eigenvalue weighted by atomic mass is 16.2. The molecule has 3 rings (SSSR count). The quantitative estimate of drug-likeness (QED) is 0.676. The Bertz CT molecular complexity index is 703. The summed E-state index contributed by atoms with van der Waals surface area (Å²) < 4.78 is 2.18. The first-order valence-corrected chi connectivity index (χ1v) is 6.40. The van der Waals surface area contributed by atoms with Gasteiger partial charge in [0.15, 0.2) is 0 Å². The van der Waals surface area contributed by atoms with Crippen molar-refractivity contribution >= 4 is 16.8 Å². The van der Waals surface area contributed by atoms with Gasteiger partial charge in [0, 0.05) is 24.8 Å². The first-order chi connectivity index (χ1) is 9.84. The number of hydrogen-bond acceptors (Lipinski definition) is 4. The highest BCUT2D eigenvalue weighted by Gasteiger charge is 2.09. The third-order valence-electron chi connectivity index (χ3n) is 3.09. The van der Waals surface area contributed by atoms with E-state index in [1.165, 1.54) is 10.9 Å². The number of aryl methyl sites for hydroxylation is 1. The number of aromatic nitrogens is 5. The maximum atomic E-state index is 11.6. The summed E-state index contributed by atoms with van der Waals surface area (Å²) in [5, 5.41) is 16.8. The molecule has 0 saturated carbocycles. The number of fused-ring (bicyclic) bond motifs is 1. The molecule has 102 valence electrons. The maximum absolute atomic E-state index is 11.6. The molecule has 0 atom stereocenters. The second kappa shape index (κ2) is 5.52. The van der Waals surface area contributed by atoms with Crippen LogP contribution in [0, 0.1) is 0 Å². The molecule has 0 unspecified atom stereocenters. The number of aromatic amines is 1. The second-order valence-corrected chi connectivity index (χ2v) is 4.41. The first kappa shape index (κ1) is 12.3. The van der Waals surface area contributed by atoms with E-state index >= 15 is 0 Å². The topological polar surface area (TPSA) is 88.5 Å². The summed E-state index contributed by atoms with van der Waals surface area (Å²) in [4.78, 5) is 11.6. The lowest BCUT2D eigenvalue weighted by Crippen LogP contribution is -2.26. The van der Waals surface area contributed by atoms with Crippen molar-refractivity contribution in [3.05, 3.63) is 42.4 Å². The summed E-state index contributed by atoms with van der Waals surface area (Å²) in [6, 6.07) is 10.3. The number of benzene rings is 1. The first-order valence-electron chi connectivity index (χ1n) is 6.40. The molecule has 2 N–H and O–H groups in total. The van der Waals surface area contributed by atoms with Gasteiger partial charge < -0.3 is 9.88 Å². The molecule has 0 saturated heterocycles. The zero-order chi connectivity index (χ0) is 13.8. The molecule has 1 amide bonds. The van der Waals surface area contributed by atoms with Crippen LogP contribution in [0.25, 0.3) is 10.9 Å². The standard InChI is InChI=1S/C13H14N6O/c20-13(12-15-17-18-16-12)14-7-3-8-19-9-6-10-4-1-2-5-11(10)19/h1-2,4-6,9H,3,7-8H2,(H,14,20)(H,15,16,17,18). The Kier molecular flexibility index (Phi) is 3.40. The summed E-state index contributed by atoms with van der Waals surface area (Å²) in [5.74, 6) is -0.243. The average molecular weight is 270 g/mol. The van der Waals surface area contributed by atoms with Gasteiger partial charge in [0.05, 0.1) is 0 Å². The van der Waals surface area contributed by atoms with E-state index in [9.17, 15) is 4.79 Å². The van der Waals surface area contributed by atoms with Gasteiger partial charge in [-0.15, -0.1) is 10.2 Å². The van der Waals surface area contributed by atoms with Crippen molar-refractivity contribution in [3.8, 4) is 0 Å². The SMILES string of the molecule is O=C(NCCCn1ccc2ccccc21)c1nn[nH]n1. The Morgan fingerprint density at radius 3 is 3.05 bits per heavy atom. The molecule has 0 fully saturated rings. The fraction of sp³-hybridized carbons (Fsp3) is 0.231. The number of nitrogens with zero attached hydrogens (tertiary/aromatic N) is 4. The number of H-pyrrole nitrogens is 1. The van der Waals surface area contributed by atoms with Crippen LogP contribution in [-0.2, 0) is 6.54 Å². The van der Waals surface area contributed by atoms with E-state index in [1.54, 1.807) is 0 Å². The Morgan fingerprint density at radius 1 is 1.30 bits per heavy atom. The molecule has 0 aliphatic carbocycles. The minimum absolute atomic E-state index is 0.0661. The minimum Gasteiger partial charge on any atom is -0.349 e. The van der Waals surface area contributed by atoms with Crippen molar-refractivity contribution in [2.75, 3.05) is 6.54 Å². The lowest BCUT2D eigenvalue weighted by atomic mass is 10.2. The molecular formula is C13H14N6O. The fourth-order valence-electron chi connectivity index (χ4n) is 2.12. The van der Waals surface area contributed by atoms with Crippen LogP contribution in [0.4, 0.5) is 0 Å². The number of carbonyl (C=O) groups is 1. The second-order valence-electron chi connectivity index (χ2n) is 4.41. The Hall–Kier alpha value is -2.70. The minimum atomic E-state index is -0.309. The van der Waals surface area contributed by atoms with Crippen molar-refractivity contribution in [1.29, 1.82) is 0 Å². The van der Waals surface area contributed by atoms with Crippen LogP contribution >= 0.6 is 0 Å². The number of carbonyl (C=O) groups excluding carboxylic acids is 1. The lowest BCUT2D eigenvalue weighted by Gasteiger charge is -2.06. The van der Waals surface area contributed by atoms with E-state index < -0.39 is 0 Å². The van der Waals surface area contributed by atoms with Gasteiger partial charge in [-0.2, -0.15) is 5.21 Å². The monoisotopic (exact) mass is 270 g/mol. The van der Waals surface area contributed by atoms with E-state index in [0.717, 1.165) is 13.0 Å². The lowest BCUT2D eigenvalue weighted by molar-refractivity contribution is 0.0942. The number of tetrazole rings is 1. The Morgan fingerprint density at radius 2 is 2.20 bits per heavy atom. The van der Waals surface area contributed by atoms with Gasteiger partial charge >= 0.3 is 0 Å². The molecule has 0 radical (unpaired) electrons. The predicted octanol–water partition coefficient (Wildman–Crippen LogP) is 0.974. The molecule has 7 nitrogen and oxygen atoms in total. The molecule has 2 aromatic heterocycles. The van der Waals surface area contributed by atoms with E-state index in [1.807, 2.05) is 12.1 Å². The highest BCUT2D eigenvalue weighted by molar-refractivity contribution is 5.89. The van der Waals surface area contributed by atoms with Crippen molar-refractivity contribution in [1.82, 2.24) is 30.5 Å². The molecule has 0 bridgehead atoms. The average Bonchev–Trinajstić information content (AvgIpc) is 3.13. The van der Waals surface area contributed by atoms with Crippen LogP contribution in [0.15, 0.2) is 36.5 Å². The molecule has 2 heterocycles. The van der Waals surface area contributed by atoms with E-state index in [4.69, 9.17) is 0 Å². The fourth-order valence-corrected chi connectivity index (χ4v) is 2.12. The van der Waals surface area contributed by atoms with Gasteiger partial charge in [-0.1, -0.05) is 18.2 Å². The zero-order valence-corrected chi connectivity index (χ0v) is 10.8. The molecule has 0 spiro atoms. The van der Waals surface area contributed by atoms with Crippen molar-refractivity contribution in [3.63, 3.8) is 0 Å². The van der Waals surface area contributed by atoms with Crippen molar-refractivity contribution in [2.45, 2.75) is 13.0 Å². The summed E-state index contributed by atoms with van der Waals surface area (Å²) in [7, 11) is 0. The largest absolute Gasteiger partial charge is 0.349 e. The number of nitrogens with one attached hydrogen (secondary N) is 2. The van der Waals surface area contributed by atoms with Crippen LogP contribution in [-0.4, -0.2) is 37.6 Å². The smallest absolute Gasteiger partial charge is 0.292 e. The number of hydrogen-bond donors (Lipinski definition) is 2. The molecule has 3 aromatic rings. The van der Waals surface area contributed by atoms with Crippen LogP contribution in [0.3, 0.4) is 0 Å². The zero-order valence-electron chi connectivity index (χ0n) is 10.8. The molecule has 7 heteroatoms. The van der Waals surface area contributed by atoms with Gasteiger partial charge in [-0.3, -0.25) is 4.79 Å². The van der Waals surface area contributed by atoms with Gasteiger partial charge in [0.2, 0.25) is 0 Å². The van der Waals surface area contributed by atoms with Gasteiger partial charge in [-0.25, -0.2) is 0 Å². The van der Waals surface area contributed by atoms with Crippen LogP contribution in [0.5, 0.6) is 0 Å². The maximum Gasteiger partial charge on any atom is 0.292 e. The van der Waals surface area contributed by atoms with Gasteiger partial charge in [0.25, 0.3) is 11.7 Å². The Labute approximate surface area is 115 Å². The van der Waals surface area contributed by atoms with E-state index in [0.29, 0.717) is 6.54 Å². The number of amides is 1. The van der Waals surface area contributed by atoms with Crippen molar-refractivity contribution in [2.24, 2.45) is 0 Å². The number of para-hydroxylation sites is 1. The van der Waals surface area contributed by atoms with Crippen molar-refractivity contribution < 1.29 is 4.79 Å². The summed E-state index contributed by atoms with van der Waals surface area (Å²) >= 11 is 0. The van der Waals surface area contributed by atoms with Gasteiger partial charge in [-0.05, 0) is 29.2 Å². The van der Waals surface area contributed by atoms with Crippen LogP contribution in [0.2, 0.25) is 0 Å². The third-order valence-corrected chi connectivity index (χ3v) is 3.09. The molecule has 0 aliphatic rings. The predicted molar refractivity (Wildman–Crippen MR) is 73.1 cm³/mol.